The number of anilines is 1. The number of nitrogens with one attached hydrogen (secondary N) is 1. The van der Waals surface area contributed by atoms with E-state index in [2.05, 4.69) is 20.5 Å². The van der Waals surface area contributed by atoms with Gasteiger partial charge in [0.15, 0.2) is 10.9 Å². The van der Waals surface area contributed by atoms with E-state index >= 15 is 0 Å². The van der Waals surface area contributed by atoms with Gasteiger partial charge in [0.1, 0.15) is 16.5 Å². The van der Waals surface area contributed by atoms with Crippen molar-refractivity contribution in [2.24, 2.45) is 0 Å². The zero-order chi connectivity index (χ0) is 23.5. The Bertz CT molecular complexity index is 1430. The van der Waals surface area contributed by atoms with Crippen LogP contribution in [0.3, 0.4) is 0 Å². The number of hydrogen-bond donors (Lipinski definition) is 1. The van der Waals surface area contributed by atoms with E-state index < -0.39 is 0 Å². The lowest BCUT2D eigenvalue weighted by Crippen LogP contribution is -2.12. The number of carbonyl (C=O) groups excluding carboxylic acids is 1. The SMILES string of the molecule is Cc1ccccc1-n1c(SCc2nc(C(=O)Nc3ccc(F)cc3)cs2)nnc1-c1ccco1. The zero-order valence-corrected chi connectivity index (χ0v) is 19.6. The van der Waals surface area contributed by atoms with Crippen molar-refractivity contribution in [3.8, 4) is 17.3 Å². The average Bonchev–Trinajstić information content (AvgIpc) is 3.60. The highest BCUT2D eigenvalue weighted by atomic mass is 32.2. The molecule has 0 unspecified atom stereocenters. The standard InChI is InChI=1S/C24H18FN5O2S2/c1-15-5-2-3-6-19(15)30-22(20-7-4-12-32-20)28-29-24(30)34-14-21-27-18(13-33-21)23(31)26-17-10-8-16(25)9-11-17/h2-13H,14H2,1H3,(H,26,31). The molecule has 0 spiro atoms. The van der Waals surface area contributed by atoms with Gasteiger partial charge in [-0.1, -0.05) is 30.0 Å². The number of benzene rings is 2. The molecule has 0 saturated carbocycles. The maximum Gasteiger partial charge on any atom is 0.275 e. The Kier molecular flexibility index (Phi) is 6.24. The van der Waals surface area contributed by atoms with E-state index in [0.29, 0.717) is 33.9 Å². The molecule has 0 radical (unpaired) electrons. The van der Waals surface area contributed by atoms with E-state index in [-0.39, 0.29) is 11.7 Å². The van der Waals surface area contributed by atoms with E-state index in [1.54, 1.807) is 11.6 Å². The van der Waals surface area contributed by atoms with Crippen LogP contribution in [0.15, 0.2) is 81.9 Å². The lowest BCUT2D eigenvalue weighted by atomic mass is 10.2. The molecule has 0 fully saturated rings. The van der Waals surface area contributed by atoms with Gasteiger partial charge in [-0.2, -0.15) is 0 Å². The summed E-state index contributed by atoms with van der Waals surface area (Å²) in [5, 5.41) is 14.6. The van der Waals surface area contributed by atoms with E-state index in [1.807, 2.05) is 47.9 Å². The largest absolute Gasteiger partial charge is 0.461 e. The highest BCUT2D eigenvalue weighted by Gasteiger charge is 2.20. The van der Waals surface area contributed by atoms with Gasteiger partial charge in [-0.15, -0.1) is 21.5 Å². The van der Waals surface area contributed by atoms with Crippen LogP contribution in [-0.4, -0.2) is 25.7 Å². The number of aromatic nitrogens is 4. The van der Waals surface area contributed by atoms with Crippen LogP contribution in [0.5, 0.6) is 0 Å². The first-order chi connectivity index (χ1) is 16.6. The minimum absolute atomic E-state index is 0.307. The first kappa shape index (κ1) is 22.1. The minimum Gasteiger partial charge on any atom is -0.461 e. The monoisotopic (exact) mass is 491 g/mol. The Balaban J connectivity index is 1.35. The Morgan fingerprint density at radius 3 is 2.71 bits per heavy atom. The highest BCUT2D eigenvalue weighted by Crippen LogP contribution is 2.31. The van der Waals surface area contributed by atoms with Crippen LogP contribution in [0.2, 0.25) is 0 Å². The van der Waals surface area contributed by atoms with Crippen molar-refractivity contribution >= 4 is 34.7 Å². The first-order valence-electron chi connectivity index (χ1n) is 10.3. The number of amides is 1. The van der Waals surface area contributed by atoms with Crippen molar-refractivity contribution in [3.05, 3.63) is 94.4 Å². The number of halogens is 1. The number of hydrogen-bond acceptors (Lipinski definition) is 7. The summed E-state index contributed by atoms with van der Waals surface area (Å²) in [6.45, 7) is 2.03. The number of carbonyl (C=O) groups is 1. The molecule has 0 bridgehead atoms. The molecule has 34 heavy (non-hydrogen) atoms. The van der Waals surface area contributed by atoms with E-state index in [4.69, 9.17) is 4.42 Å². The number of furan rings is 1. The molecule has 5 aromatic rings. The van der Waals surface area contributed by atoms with Crippen LogP contribution in [0.1, 0.15) is 21.1 Å². The van der Waals surface area contributed by atoms with Gasteiger partial charge < -0.3 is 9.73 Å². The lowest BCUT2D eigenvalue weighted by Gasteiger charge is -2.11. The van der Waals surface area contributed by atoms with Gasteiger partial charge in [-0.05, 0) is 55.0 Å². The fraction of sp³-hybridized carbons (Fsp3) is 0.0833. The molecule has 1 N–H and O–H groups in total. The van der Waals surface area contributed by atoms with E-state index in [9.17, 15) is 9.18 Å². The second-order valence-corrected chi connectivity index (χ2v) is 9.17. The number of rotatable bonds is 7. The predicted octanol–water partition coefficient (Wildman–Crippen LogP) is 5.98. The Labute approximate surface area is 202 Å². The molecule has 0 aliphatic heterocycles. The van der Waals surface area contributed by atoms with Crippen molar-refractivity contribution in [1.82, 2.24) is 19.7 Å². The number of para-hydroxylation sites is 1. The molecule has 7 nitrogen and oxygen atoms in total. The average molecular weight is 492 g/mol. The van der Waals surface area contributed by atoms with E-state index in [1.165, 1.54) is 47.4 Å². The molecule has 0 aliphatic carbocycles. The quantitative estimate of drug-likeness (QED) is 0.282. The Morgan fingerprint density at radius 1 is 1.12 bits per heavy atom. The third kappa shape index (κ3) is 4.63. The van der Waals surface area contributed by atoms with Crippen LogP contribution < -0.4 is 5.32 Å². The van der Waals surface area contributed by atoms with Crippen LogP contribution in [0.4, 0.5) is 10.1 Å². The third-order valence-electron chi connectivity index (χ3n) is 4.94. The molecular formula is C24H18FN5O2S2. The van der Waals surface area contributed by atoms with Gasteiger partial charge in [0.05, 0.1) is 17.7 Å². The van der Waals surface area contributed by atoms with Crippen LogP contribution >= 0.6 is 23.1 Å². The smallest absolute Gasteiger partial charge is 0.275 e. The Morgan fingerprint density at radius 2 is 1.94 bits per heavy atom. The van der Waals surface area contributed by atoms with Gasteiger partial charge in [-0.25, -0.2) is 9.37 Å². The molecule has 3 aromatic heterocycles. The fourth-order valence-electron chi connectivity index (χ4n) is 3.30. The summed E-state index contributed by atoms with van der Waals surface area (Å²) in [4.78, 5) is 16.9. The second kappa shape index (κ2) is 9.62. The molecular weight excluding hydrogens is 473 g/mol. The van der Waals surface area contributed by atoms with Crippen LogP contribution in [0, 0.1) is 12.7 Å². The summed E-state index contributed by atoms with van der Waals surface area (Å²) in [5.74, 6) is 1.04. The molecule has 5 rings (SSSR count). The van der Waals surface area contributed by atoms with Crippen molar-refractivity contribution in [2.75, 3.05) is 5.32 Å². The van der Waals surface area contributed by atoms with Gasteiger partial charge in [0.25, 0.3) is 5.91 Å². The summed E-state index contributed by atoms with van der Waals surface area (Å²) in [7, 11) is 0. The van der Waals surface area contributed by atoms with Gasteiger partial charge in [0.2, 0.25) is 5.82 Å². The summed E-state index contributed by atoms with van der Waals surface area (Å²) < 4.78 is 20.6. The molecule has 2 aromatic carbocycles. The molecule has 170 valence electrons. The van der Waals surface area contributed by atoms with Gasteiger partial charge >= 0.3 is 0 Å². The second-order valence-electron chi connectivity index (χ2n) is 7.28. The summed E-state index contributed by atoms with van der Waals surface area (Å²) in [6, 6.07) is 17.2. The van der Waals surface area contributed by atoms with Crippen LogP contribution in [0.25, 0.3) is 17.3 Å². The first-order valence-corrected chi connectivity index (χ1v) is 12.1. The normalized spacial score (nSPS) is 11.0. The molecule has 0 saturated heterocycles. The summed E-state index contributed by atoms with van der Waals surface area (Å²) in [6.07, 6.45) is 1.60. The fourth-order valence-corrected chi connectivity index (χ4v) is 5.03. The summed E-state index contributed by atoms with van der Waals surface area (Å²) >= 11 is 2.87. The maximum absolute atomic E-state index is 13.1. The lowest BCUT2D eigenvalue weighted by molar-refractivity contribution is 0.102. The number of thioether (sulfide) groups is 1. The molecule has 10 heteroatoms. The van der Waals surface area contributed by atoms with Crippen molar-refractivity contribution in [2.45, 2.75) is 17.8 Å². The number of thiazole rings is 1. The molecule has 0 atom stereocenters. The van der Waals surface area contributed by atoms with Gasteiger partial charge in [-0.3, -0.25) is 9.36 Å². The van der Waals surface area contributed by atoms with Crippen molar-refractivity contribution < 1.29 is 13.6 Å². The maximum atomic E-state index is 13.1. The minimum atomic E-state index is -0.361. The van der Waals surface area contributed by atoms with Crippen molar-refractivity contribution in [3.63, 3.8) is 0 Å². The van der Waals surface area contributed by atoms with E-state index in [0.717, 1.165) is 16.3 Å². The third-order valence-corrected chi connectivity index (χ3v) is 6.91. The number of aryl methyl sites for hydroxylation is 1. The van der Waals surface area contributed by atoms with Crippen molar-refractivity contribution in [1.29, 1.82) is 0 Å². The van der Waals surface area contributed by atoms with Crippen LogP contribution in [-0.2, 0) is 5.75 Å². The zero-order valence-electron chi connectivity index (χ0n) is 17.9. The topological polar surface area (TPSA) is 85.8 Å². The number of nitrogens with zero attached hydrogens (tertiary/aromatic N) is 4. The highest BCUT2D eigenvalue weighted by molar-refractivity contribution is 7.98. The summed E-state index contributed by atoms with van der Waals surface area (Å²) in [5.41, 5.74) is 2.85. The molecule has 1 amide bonds. The van der Waals surface area contributed by atoms with Gasteiger partial charge in [0, 0.05) is 11.1 Å². The predicted molar refractivity (Wildman–Crippen MR) is 130 cm³/mol. The molecule has 3 heterocycles. The Hall–Kier alpha value is -3.76. The molecule has 0 aliphatic rings.